The van der Waals surface area contributed by atoms with Gasteiger partial charge < -0.3 is 5.73 Å². The van der Waals surface area contributed by atoms with E-state index in [1.807, 2.05) is 36.8 Å². The molecule has 5 heteroatoms. The van der Waals surface area contributed by atoms with Crippen LogP contribution in [0.15, 0.2) is 29.9 Å². The molecule has 2 N–H and O–H groups in total. The number of nitrogens with zero attached hydrogens (tertiary/aromatic N) is 3. The quantitative estimate of drug-likeness (QED) is 0.712. The van der Waals surface area contributed by atoms with Crippen LogP contribution in [0.5, 0.6) is 0 Å². The third-order valence-electron chi connectivity index (χ3n) is 2.62. The lowest BCUT2D eigenvalue weighted by Crippen LogP contribution is -1.94. The van der Waals surface area contributed by atoms with Crippen LogP contribution in [0.2, 0.25) is 0 Å². The molecule has 0 fully saturated rings. The van der Waals surface area contributed by atoms with Gasteiger partial charge in [-0.05, 0) is 36.2 Å². The number of anilines is 1. The van der Waals surface area contributed by atoms with Crippen LogP contribution in [0.4, 0.5) is 5.82 Å². The number of pyridine rings is 2. The van der Waals surface area contributed by atoms with E-state index in [2.05, 4.69) is 14.3 Å². The Balaban J connectivity index is 2.26. The Morgan fingerprint density at radius 3 is 2.82 bits per heavy atom. The van der Waals surface area contributed by atoms with Crippen LogP contribution < -0.4 is 5.73 Å². The average Bonchev–Trinajstić information content (AvgIpc) is 2.81. The number of nitrogens with two attached hydrogens (primary N) is 1. The topological polar surface area (TPSA) is 64.7 Å². The maximum absolute atomic E-state index is 5.74. The van der Waals surface area contributed by atoms with Crippen LogP contribution in [0.3, 0.4) is 0 Å². The van der Waals surface area contributed by atoms with Crippen molar-refractivity contribution in [2.75, 3.05) is 5.73 Å². The van der Waals surface area contributed by atoms with Gasteiger partial charge in [0.25, 0.3) is 0 Å². The van der Waals surface area contributed by atoms with Gasteiger partial charge in [-0.15, -0.1) is 0 Å². The first kappa shape index (κ1) is 10.2. The van der Waals surface area contributed by atoms with E-state index in [0.29, 0.717) is 5.82 Å². The van der Waals surface area contributed by atoms with E-state index >= 15 is 0 Å². The molecule has 0 saturated heterocycles. The van der Waals surface area contributed by atoms with Crippen molar-refractivity contribution < 1.29 is 0 Å². The van der Waals surface area contributed by atoms with Gasteiger partial charge in [0.15, 0.2) is 0 Å². The highest BCUT2D eigenvalue weighted by atomic mass is 32.1. The molecule has 0 radical (unpaired) electrons. The molecule has 0 atom stereocenters. The largest absolute Gasteiger partial charge is 0.384 e. The molecule has 0 aliphatic rings. The summed E-state index contributed by atoms with van der Waals surface area (Å²) in [6.07, 6.45) is 3.67. The third kappa shape index (κ3) is 1.74. The summed E-state index contributed by atoms with van der Waals surface area (Å²) in [7, 11) is 0. The Morgan fingerprint density at radius 2 is 2.06 bits per heavy atom. The van der Waals surface area contributed by atoms with Crippen LogP contribution >= 0.6 is 11.5 Å². The Labute approximate surface area is 102 Å². The number of nitrogen functional groups attached to an aromatic ring is 1. The SMILES string of the molecule is Cc1cc(N)nc2cc(-c3cnsc3)cnc12. The van der Waals surface area contributed by atoms with Crippen LogP contribution in [0.1, 0.15) is 5.56 Å². The van der Waals surface area contributed by atoms with E-state index in [4.69, 9.17) is 5.73 Å². The average molecular weight is 242 g/mol. The highest BCUT2D eigenvalue weighted by Crippen LogP contribution is 2.24. The molecule has 0 aliphatic heterocycles. The number of aromatic nitrogens is 3. The van der Waals surface area contributed by atoms with Crippen LogP contribution in [0, 0.1) is 6.92 Å². The molecular weight excluding hydrogens is 232 g/mol. The van der Waals surface area contributed by atoms with Gasteiger partial charge in [0.1, 0.15) is 5.82 Å². The van der Waals surface area contributed by atoms with E-state index < -0.39 is 0 Å². The summed E-state index contributed by atoms with van der Waals surface area (Å²) in [5.74, 6) is 0.525. The highest BCUT2D eigenvalue weighted by Gasteiger charge is 2.05. The summed E-state index contributed by atoms with van der Waals surface area (Å²) in [5.41, 5.74) is 10.6. The minimum atomic E-state index is 0.525. The van der Waals surface area contributed by atoms with E-state index in [0.717, 1.165) is 27.7 Å². The molecule has 0 aliphatic carbocycles. The molecule has 4 nitrogen and oxygen atoms in total. The van der Waals surface area contributed by atoms with Gasteiger partial charge in [-0.2, -0.15) is 0 Å². The zero-order valence-electron chi connectivity index (χ0n) is 9.21. The first-order valence-electron chi connectivity index (χ1n) is 5.16. The second-order valence-electron chi connectivity index (χ2n) is 3.87. The number of rotatable bonds is 1. The molecule has 0 spiro atoms. The lowest BCUT2D eigenvalue weighted by molar-refractivity contribution is 1.30. The second kappa shape index (κ2) is 3.78. The van der Waals surface area contributed by atoms with E-state index in [1.54, 1.807) is 0 Å². The van der Waals surface area contributed by atoms with Crippen molar-refractivity contribution in [2.45, 2.75) is 6.92 Å². The molecule has 3 heterocycles. The van der Waals surface area contributed by atoms with Gasteiger partial charge in [0.2, 0.25) is 0 Å². The van der Waals surface area contributed by atoms with Crippen molar-refractivity contribution in [1.29, 1.82) is 0 Å². The fraction of sp³-hybridized carbons (Fsp3) is 0.0833. The molecule has 0 aromatic carbocycles. The molecule has 0 amide bonds. The minimum Gasteiger partial charge on any atom is -0.384 e. The van der Waals surface area contributed by atoms with Crippen LogP contribution in [-0.4, -0.2) is 14.3 Å². The summed E-state index contributed by atoms with van der Waals surface area (Å²) < 4.78 is 4.08. The Kier molecular flexibility index (Phi) is 2.26. The lowest BCUT2D eigenvalue weighted by Gasteiger charge is -2.04. The van der Waals surface area contributed by atoms with Crippen LogP contribution in [-0.2, 0) is 0 Å². The molecule has 3 aromatic heterocycles. The summed E-state index contributed by atoms with van der Waals surface area (Å²) in [6, 6.07) is 3.83. The first-order valence-corrected chi connectivity index (χ1v) is 6.00. The summed E-state index contributed by atoms with van der Waals surface area (Å²) in [6.45, 7) is 1.99. The number of hydrogen-bond donors (Lipinski definition) is 1. The Hall–Kier alpha value is -2.01. The smallest absolute Gasteiger partial charge is 0.124 e. The van der Waals surface area contributed by atoms with Gasteiger partial charge in [0, 0.05) is 28.9 Å². The predicted molar refractivity (Wildman–Crippen MR) is 69.8 cm³/mol. The van der Waals surface area contributed by atoms with E-state index in [1.165, 1.54) is 11.5 Å². The van der Waals surface area contributed by atoms with Crippen molar-refractivity contribution in [1.82, 2.24) is 14.3 Å². The van der Waals surface area contributed by atoms with Crippen molar-refractivity contribution in [3.8, 4) is 11.1 Å². The first-order chi connectivity index (χ1) is 8.24. The second-order valence-corrected chi connectivity index (χ2v) is 4.53. The maximum Gasteiger partial charge on any atom is 0.124 e. The molecule has 0 unspecified atom stereocenters. The van der Waals surface area contributed by atoms with Crippen molar-refractivity contribution >= 4 is 28.4 Å². The number of aryl methyl sites for hydroxylation is 1. The molecule has 3 aromatic rings. The normalized spacial score (nSPS) is 10.9. The minimum absolute atomic E-state index is 0.525. The Morgan fingerprint density at radius 1 is 1.18 bits per heavy atom. The molecule has 3 rings (SSSR count). The lowest BCUT2D eigenvalue weighted by atomic mass is 10.1. The van der Waals surface area contributed by atoms with Gasteiger partial charge in [-0.25, -0.2) is 9.36 Å². The highest BCUT2D eigenvalue weighted by molar-refractivity contribution is 7.03. The Bertz CT molecular complexity index is 676. The maximum atomic E-state index is 5.74. The van der Waals surface area contributed by atoms with Crippen molar-refractivity contribution in [3.05, 3.63) is 35.5 Å². The number of fused-ring (bicyclic) bond motifs is 1. The zero-order valence-corrected chi connectivity index (χ0v) is 10.0. The molecular formula is C12H10N4S. The standard InChI is InChI=1S/C12H10N4S/c1-7-2-11(13)16-10-3-8(4-14-12(7)10)9-5-15-17-6-9/h2-6H,1H3,(H2,13,16). The zero-order chi connectivity index (χ0) is 11.8. The van der Waals surface area contributed by atoms with Gasteiger partial charge in [-0.3, -0.25) is 4.98 Å². The van der Waals surface area contributed by atoms with Gasteiger partial charge >= 0.3 is 0 Å². The van der Waals surface area contributed by atoms with Gasteiger partial charge in [-0.1, -0.05) is 0 Å². The van der Waals surface area contributed by atoms with Gasteiger partial charge in [0.05, 0.1) is 11.0 Å². The summed E-state index contributed by atoms with van der Waals surface area (Å²) in [5, 5.41) is 1.99. The fourth-order valence-corrected chi connectivity index (χ4v) is 2.35. The predicted octanol–water partition coefficient (Wildman–Crippen LogP) is 2.64. The fourth-order valence-electron chi connectivity index (χ4n) is 1.81. The molecule has 17 heavy (non-hydrogen) atoms. The summed E-state index contributed by atoms with van der Waals surface area (Å²) in [4.78, 5) is 8.74. The van der Waals surface area contributed by atoms with Crippen LogP contribution in [0.25, 0.3) is 22.2 Å². The van der Waals surface area contributed by atoms with Crippen molar-refractivity contribution in [2.24, 2.45) is 0 Å². The monoisotopic (exact) mass is 242 g/mol. The molecule has 0 bridgehead atoms. The van der Waals surface area contributed by atoms with Crippen molar-refractivity contribution in [3.63, 3.8) is 0 Å². The number of hydrogen-bond acceptors (Lipinski definition) is 5. The molecule has 0 saturated carbocycles. The third-order valence-corrected chi connectivity index (χ3v) is 3.21. The van der Waals surface area contributed by atoms with E-state index in [9.17, 15) is 0 Å². The molecule has 84 valence electrons. The summed E-state index contributed by atoms with van der Waals surface area (Å²) >= 11 is 1.42. The van der Waals surface area contributed by atoms with E-state index in [-0.39, 0.29) is 0 Å².